The van der Waals surface area contributed by atoms with E-state index < -0.39 is 21.8 Å². The fourth-order valence-corrected chi connectivity index (χ4v) is 4.30. The molecule has 0 radical (unpaired) electrons. The largest absolute Gasteiger partial charge is 0.493 e. The topological polar surface area (TPSA) is 117 Å². The molecule has 2 aromatic carbocycles. The van der Waals surface area contributed by atoms with Crippen LogP contribution in [0, 0.1) is 0 Å². The zero-order valence-corrected chi connectivity index (χ0v) is 19.2. The quantitative estimate of drug-likeness (QED) is 0.393. The number of sulfonamides is 1. The minimum Gasteiger partial charge on any atom is -0.493 e. The first-order valence-electron chi connectivity index (χ1n) is 10.3. The summed E-state index contributed by atoms with van der Waals surface area (Å²) in [5.41, 5.74) is 3.29. The lowest BCUT2D eigenvalue weighted by Gasteiger charge is -2.18. The lowest BCUT2D eigenvalue weighted by molar-refractivity contribution is -0.120. The van der Waals surface area contributed by atoms with Crippen molar-refractivity contribution in [2.45, 2.75) is 25.7 Å². The monoisotopic (exact) mass is 460 g/mol. The normalized spacial score (nSPS) is 11.5. The molecule has 2 aromatic rings. The molecule has 0 unspecified atom stereocenters. The Hall–Kier alpha value is -3.24. The van der Waals surface area contributed by atoms with Crippen molar-refractivity contribution < 1.29 is 22.7 Å². The molecular formula is C22H28N4O5S. The molecule has 0 bridgehead atoms. The summed E-state index contributed by atoms with van der Waals surface area (Å²) >= 11 is 0. The zero-order chi connectivity index (χ0) is 23.6. The Balaban J connectivity index is 1.90. The predicted molar refractivity (Wildman–Crippen MR) is 122 cm³/mol. The molecule has 0 fully saturated rings. The highest BCUT2D eigenvalue weighted by Crippen LogP contribution is 2.16. The number of rotatable bonds is 11. The maximum absolute atomic E-state index is 12.5. The van der Waals surface area contributed by atoms with Gasteiger partial charge in [0.05, 0.1) is 24.3 Å². The van der Waals surface area contributed by atoms with Crippen LogP contribution in [0.5, 0.6) is 5.75 Å². The number of hydrazone groups is 1. The van der Waals surface area contributed by atoms with E-state index in [1.165, 1.54) is 34.8 Å². The van der Waals surface area contributed by atoms with Gasteiger partial charge in [-0.15, -0.1) is 0 Å². The molecule has 10 heteroatoms. The Kier molecular flexibility index (Phi) is 9.36. The van der Waals surface area contributed by atoms with Gasteiger partial charge in [0.25, 0.3) is 11.8 Å². The molecule has 0 aliphatic carbocycles. The molecule has 0 aromatic heterocycles. The average molecular weight is 461 g/mol. The van der Waals surface area contributed by atoms with Crippen LogP contribution in [0.3, 0.4) is 0 Å². The van der Waals surface area contributed by atoms with Gasteiger partial charge in [-0.05, 0) is 43.3 Å². The van der Waals surface area contributed by atoms with Crippen LogP contribution in [-0.2, 0) is 14.8 Å². The lowest BCUT2D eigenvalue weighted by atomic mass is 10.2. The first kappa shape index (κ1) is 25.0. The first-order chi connectivity index (χ1) is 15.3. The number of nitrogens with one attached hydrogen (secondary N) is 2. The summed E-state index contributed by atoms with van der Waals surface area (Å²) in [7, 11) is -3.60. The van der Waals surface area contributed by atoms with Gasteiger partial charge in [-0.1, -0.05) is 26.0 Å². The Labute approximate surface area is 188 Å². The van der Waals surface area contributed by atoms with Crippen molar-refractivity contribution in [2.24, 2.45) is 5.10 Å². The number of nitrogens with zero attached hydrogens (tertiary/aromatic N) is 2. The lowest BCUT2D eigenvalue weighted by Crippen LogP contribution is -2.35. The number of para-hydroxylation sites is 1. The second kappa shape index (κ2) is 12.0. The van der Waals surface area contributed by atoms with E-state index in [1.54, 1.807) is 26.0 Å². The number of carbonyl (C=O) groups excluding carboxylic acids is 2. The minimum atomic E-state index is -3.60. The second-order valence-corrected chi connectivity index (χ2v) is 8.50. The molecule has 0 heterocycles. The van der Waals surface area contributed by atoms with E-state index in [0.29, 0.717) is 31.0 Å². The molecule has 32 heavy (non-hydrogen) atoms. The van der Waals surface area contributed by atoms with Crippen LogP contribution in [-0.4, -0.2) is 57.0 Å². The summed E-state index contributed by atoms with van der Waals surface area (Å²) < 4.78 is 31.8. The SMILES string of the molecule is CCOc1ccccc1C=NNC(=O)CNC(=O)c1ccc(S(=O)(=O)N(CC)CC)cc1. The third kappa shape index (κ3) is 6.63. The maximum Gasteiger partial charge on any atom is 0.259 e. The fourth-order valence-electron chi connectivity index (χ4n) is 2.84. The second-order valence-electron chi connectivity index (χ2n) is 6.56. The highest BCUT2D eigenvalue weighted by atomic mass is 32.2. The number of hydrogen-bond donors (Lipinski definition) is 2. The molecule has 9 nitrogen and oxygen atoms in total. The molecule has 0 spiro atoms. The highest BCUT2D eigenvalue weighted by Gasteiger charge is 2.21. The van der Waals surface area contributed by atoms with Crippen molar-refractivity contribution in [2.75, 3.05) is 26.2 Å². The Morgan fingerprint density at radius 1 is 1.03 bits per heavy atom. The van der Waals surface area contributed by atoms with E-state index in [2.05, 4.69) is 15.8 Å². The van der Waals surface area contributed by atoms with Gasteiger partial charge in [0, 0.05) is 24.2 Å². The van der Waals surface area contributed by atoms with E-state index in [4.69, 9.17) is 4.74 Å². The van der Waals surface area contributed by atoms with Crippen LogP contribution in [0.2, 0.25) is 0 Å². The molecule has 172 valence electrons. The smallest absolute Gasteiger partial charge is 0.259 e. The summed E-state index contributed by atoms with van der Waals surface area (Å²) in [4.78, 5) is 24.3. The van der Waals surface area contributed by atoms with Gasteiger partial charge in [-0.25, -0.2) is 13.8 Å². The number of hydrogen-bond acceptors (Lipinski definition) is 6. The van der Waals surface area contributed by atoms with Gasteiger partial charge < -0.3 is 10.1 Å². The summed E-state index contributed by atoms with van der Waals surface area (Å²) in [6.45, 7) is 6.32. The molecule has 0 saturated carbocycles. The van der Waals surface area contributed by atoms with Crippen molar-refractivity contribution in [1.82, 2.24) is 15.0 Å². The molecule has 0 atom stereocenters. The van der Waals surface area contributed by atoms with Crippen molar-refractivity contribution in [3.05, 3.63) is 59.7 Å². The van der Waals surface area contributed by atoms with E-state index in [1.807, 2.05) is 19.1 Å². The molecule has 0 aliphatic rings. The average Bonchev–Trinajstić information content (AvgIpc) is 2.79. The van der Waals surface area contributed by atoms with Crippen molar-refractivity contribution in [3.8, 4) is 5.75 Å². The molecule has 2 N–H and O–H groups in total. The number of carbonyl (C=O) groups is 2. The first-order valence-corrected chi connectivity index (χ1v) is 11.7. The zero-order valence-electron chi connectivity index (χ0n) is 18.4. The summed E-state index contributed by atoms with van der Waals surface area (Å²) in [5.74, 6) is -0.366. The molecule has 2 amide bonds. The van der Waals surface area contributed by atoms with Gasteiger partial charge in [0.2, 0.25) is 10.0 Å². The Bertz CT molecular complexity index is 1050. The third-order valence-corrected chi connectivity index (χ3v) is 6.55. The fraction of sp³-hybridized carbons (Fsp3) is 0.318. The van der Waals surface area contributed by atoms with Gasteiger partial charge in [-0.2, -0.15) is 9.41 Å². The minimum absolute atomic E-state index is 0.108. The van der Waals surface area contributed by atoms with Crippen LogP contribution >= 0.6 is 0 Å². The van der Waals surface area contributed by atoms with Crippen LogP contribution in [0.4, 0.5) is 0 Å². The molecule has 2 rings (SSSR count). The van der Waals surface area contributed by atoms with Crippen LogP contribution in [0.25, 0.3) is 0 Å². The number of benzene rings is 2. The van der Waals surface area contributed by atoms with Crippen molar-refractivity contribution in [3.63, 3.8) is 0 Å². The Morgan fingerprint density at radius 2 is 1.69 bits per heavy atom. The van der Waals surface area contributed by atoms with E-state index in [9.17, 15) is 18.0 Å². The predicted octanol–water partition coefficient (Wildman–Crippen LogP) is 2.00. The van der Waals surface area contributed by atoms with Crippen LogP contribution < -0.4 is 15.5 Å². The number of amides is 2. The van der Waals surface area contributed by atoms with Crippen molar-refractivity contribution >= 4 is 28.1 Å². The van der Waals surface area contributed by atoms with Gasteiger partial charge in [-0.3, -0.25) is 9.59 Å². The summed E-state index contributed by atoms with van der Waals surface area (Å²) in [5, 5.41) is 6.35. The third-order valence-electron chi connectivity index (χ3n) is 4.48. The standard InChI is InChI=1S/C22H28N4O5S/c1-4-26(5-2)32(29,30)19-13-11-17(12-14-19)22(28)23-16-21(27)25-24-15-18-9-7-8-10-20(18)31-6-3/h7-15H,4-6,16H2,1-3H3,(H,23,28)(H,25,27). The van der Waals surface area contributed by atoms with Crippen LogP contribution in [0.1, 0.15) is 36.7 Å². The van der Waals surface area contributed by atoms with Gasteiger partial charge in [0.15, 0.2) is 0 Å². The van der Waals surface area contributed by atoms with Crippen molar-refractivity contribution in [1.29, 1.82) is 0 Å². The summed E-state index contributed by atoms with van der Waals surface area (Å²) in [6, 6.07) is 12.8. The Morgan fingerprint density at radius 3 is 2.31 bits per heavy atom. The molecule has 0 aliphatic heterocycles. The van der Waals surface area contributed by atoms with Gasteiger partial charge in [0.1, 0.15) is 5.75 Å². The molecule has 0 saturated heterocycles. The van der Waals surface area contributed by atoms with E-state index in [0.717, 1.165) is 0 Å². The maximum atomic E-state index is 12.5. The molecular weight excluding hydrogens is 432 g/mol. The van der Waals surface area contributed by atoms with E-state index >= 15 is 0 Å². The van der Waals surface area contributed by atoms with E-state index in [-0.39, 0.29) is 17.0 Å². The highest BCUT2D eigenvalue weighted by molar-refractivity contribution is 7.89. The summed E-state index contributed by atoms with van der Waals surface area (Å²) in [6.07, 6.45) is 1.46. The van der Waals surface area contributed by atoms with Gasteiger partial charge >= 0.3 is 0 Å². The van der Waals surface area contributed by atoms with Crippen LogP contribution in [0.15, 0.2) is 58.5 Å². The number of ether oxygens (including phenoxy) is 1.